The first kappa shape index (κ1) is 20.3. The maximum absolute atomic E-state index is 12.2. The summed E-state index contributed by atoms with van der Waals surface area (Å²) in [6.45, 7) is 3.46. The van der Waals surface area contributed by atoms with E-state index in [9.17, 15) is 9.59 Å². The second-order valence-corrected chi connectivity index (χ2v) is 5.54. The predicted octanol–water partition coefficient (Wildman–Crippen LogP) is 2.28. The third kappa shape index (κ3) is 4.68. The number of anilines is 1. The molecule has 1 amide bonds. The number of benzene rings is 1. The molecule has 3 N–H and O–H groups in total. The molecule has 0 aliphatic carbocycles. The molecule has 22 heavy (non-hydrogen) atoms. The first-order chi connectivity index (χ1) is 9.72. The van der Waals surface area contributed by atoms with Crippen molar-refractivity contribution in [1.29, 1.82) is 0 Å². The van der Waals surface area contributed by atoms with Crippen LogP contribution in [0.5, 0.6) is 5.75 Å². The Labute approximate surface area is 140 Å². The Balaban J connectivity index is 0.00000441. The van der Waals surface area contributed by atoms with E-state index in [-0.39, 0.29) is 29.5 Å². The van der Waals surface area contributed by atoms with E-state index in [2.05, 4.69) is 10.1 Å². The monoisotopic (exact) mass is 350 g/mol. The maximum Gasteiger partial charge on any atom is 0.313 e. The van der Waals surface area contributed by atoms with E-state index in [0.717, 1.165) is 0 Å². The second kappa shape index (κ2) is 8.10. The topological polar surface area (TPSA) is 90.7 Å². The lowest BCUT2D eigenvalue weighted by atomic mass is 9.93. The number of methoxy groups -OCH3 is 2. The van der Waals surface area contributed by atoms with Crippen LogP contribution in [0.15, 0.2) is 12.1 Å². The molecule has 1 rings (SSSR count). The van der Waals surface area contributed by atoms with Gasteiger partial charge in [0.15, 0.2) is 0 Å². The summed E-state index contributed by atoms with van der Waals surface area (Å²) >= 11 is 5.92. The number of nitrogens with two attached hydrogens (primary N) is 1. The van der Waals surface area contributed by atoms with Gasteiger partial charge in [0, 0.05) is 12.6 Å². The number of carbonyl (C=O) groups is 2. The molecule has 0 aliphatic heterocycles. The number of amides is 1. The van der Waals surface area contributed by atoms with Crippen LogP contribution in [0.3, 0.4) is 0 Å². The summed E-state index contributed by atoms with van der Waals surface area (Å²) < 4.78 is 9.79. The number of carbonyl (C=O) groups excluding carboxylic acids is 2. The van der Waals surface area contributed by atoms with E-state index in [1.165, 1.54) is 26.4 Å². The molecular weight excluding hydrogens is 331 g/mol. The zero-order valence-electron chi connectivity index (χ0n) is 12.9. The lowest BCUT2D eigenvalue weighted by molar-refractivity contribution is -0.150. The quantitative estimate of drug-likeness (QED) is 0.627. The van der Waals surface area contributed by atoms with Gasteiger partial charge < -0.3 is 20.5 Å². The van der Waals surface area contributed by atoms with Gasteiger partial charge in [0.2, 0.25) is 0 Å². The molecule has 0 spiro atoms. The molecule has 0 fully saturated rings. The zero-order chi connectivity index (χ0) is 16.2. The first-order valence-electron chi connectivity index (χ1n) is 6.22. The van der Waals surface area contributed by atoms with Gasteiger partial charge >= 0.3 is 5.97 Å². The van der Waals surface area contributed by atoms with E-state index in [1.54, 1.807) is 13.8 Å². The summed E-state index contributed by atoms with van der Waals surface area (Å²) in [5.41, 5.74) is 5.39. The van der Waals surface area contributed by atoms with Crippen LogP contribution in [0, 0.1) is 5.41 Å². The van der Waals surface area contributed by atoms with E-state index in [0.29, 0.717) is 11.4 Å². The largest absolute Gasteiger partial charge is 0.496 e. The van der Waals surface area contributed by atoms with Crippen LogP contribution in [0.1, 0.15) is 24.2 Å². The van der Waals surface area contributed by atoms with Crippen molar-refractivity contribution < 1.29 is 19.1 Å². The predicted molar refractivity (Wildman–Crippen MR) is 87.8 cm³/mol. The van der Waals surface area contributed by atoms with Crippen molar-refractivity contribution in [3.05, 3.63) is 22.7 Å². The first-order valence-corrected chi connectivity index (χ1v) is 6.60. The summed E-state index contributed by atoms with van der Waals surface area (Å²) in [7, 11) is 2.73. The number of rotatable bonds is 5. The molecule has 0 atom stereocenters. The molecule has 8 heteroatoms. The van der Waals surface area contributed by atoms with Crippen LogP contribution in [0.25, 0.3) is 0 Å². The van der Waals surface area contributed by atoms with Crippen molar-refractivity contribution in [3.8, 4) is 5.75 Å². The summed E-state index contributed by atoms with van der Waals surface area (Å²) in [6.07, 6.45) is 0. The van der Waals surface area contributed by atoms with Gasteiger partial charge in [-0.3, -0.25) is 9.59 Å². The smallest absolute Gasteiger partial charge is 0.313 e. The van der Waals surface area contributed by atoms with E-state index < -0.39 is 17.3 Å². The van der Waals surface area contributed by atoms with E-state index >= 15 is 0 Å². The molecule has 0 unspecified atom stereocenters. The van der Waals surface area contributed by atoms with Gasteiger partial charge in [0.25, 0.3) is 5.91 Å². The molecule has 0 bridgehead atoms. The van der Waals surface area contributed by atoms with Gasteiger partial charge in [-0.05, 0) is 19.9 Å². The molecule has 0 heterocycles. The van der Waals surface area contributed by atoms with Gasteiger partial charge in [-0.2, -0.15) is 0 Å². The van der Waals surface area contributed by atoms with Crippen LogP contribution < -0.4 is 15.8 Å². The molecule has 0 aliphatic rings. The van der Waals surface area contributed by atoms with Crippen LogP contribution in [0.4, 0.5) is 5.69 Å². The van der Waals surface area contributed by atoms with Crippen molar-refractivity contribution in [2.24, 2.45) is 5.41 Å². The number of ether oxygens (including phenoxy) is 2. The third-order valence-electron chi connectivity index (χ3n) is 2.99. The minimum atomic E-state index is -0.838. The zero-order valence-corrected chi connectivity index (χ0v) is 14.4. The molecule has 1 aromatic rings. The summed E-state index contributed by atoms with van der Waals surface area (Å²) in [6, 6.07) is 2.90. The lowest BCUT2D eigenvalue weighted by Gasteiger charge is -2.22. The summed E-state index contributed by atoms with van der Waals surface area (Å²) in [4.78, 5) is 23.8. The van der Waals surface area contributed by atoms with Crippen molar-refractivity contribution in [2.75, 3.05) is 26.5 Å². The Kier molecular flexibility index (Phi) is 7.49. The number of hydrogen-bond acceptors (Lipinski definition) is 5. The van der Waals surface area contributed by atoms with Gasteiger partial charge in [-0.1, -0.05) is 11.6 Å². The molecule has 0 aromatic heterocycles. The Morgan fingerprint density at radius 2 is 1.91 bits per heavy atom. The van der Waals surface area contributed by atoms with E-state index in [1.807, 2.05) is 0 Å². The van der Waals surface area contributed by atoms with Gasteiger partial charge in [-0.15, -0.1) is 12.4 Å². The molecule has 0 saturated carbocycles. The average molecular weight is 351 g/mol. The average Bonchev–Trinajstić information content (AvgIpc) is 2.46. The Bertz CT molecular complexity index is 562. The van der Waals surface area contributed by atoms with Crippen molar-refractivity contribution in [1.82, 2.24) is 5.32 Å². The fourth-order valence-electron chi connectivity index (χ4n) is 1.66. The Morgan fingerprint density at radius 1 is 1.32 bits per heavy atom. The highest BCUT2D eigenvalue weighted by molar-refractivity contribution is 6.33. The second-order valence-electron chi connectivity index (χ2n) is 5.13. The van der Waals surface area contributed by atoms with Gasteiger partial charge in [-0.25, -0.2) is 0 Å². The Morgan fingerprint density at radius 3 is 2.41 bits per heavy atom. The molecular formula is C14H20Cl2N2O4. The third-order valence-corrected chi connectivity index (χ3v) is 3.32. The molecule has 0 radical (unpaired) electrons. The van der Waals surface area contributed by atoms with Crippen LogP contribution in [-0.4, -0.2) is 32.6 Å². The molecule has 0 saturated heterocycles. The van der Waals surface area contributed by atoms with Crippen molar-refractivity contribution in [3.63, 3.8) is 0 Å². The SMILES string of the molecule is COC(=O)C(C)(C)CNC(=O)c1cc(Cl)c(N)cc1OC.Cl. The van der Waals surface area contributed by atoms with Gasteiger partial charge in [0.05, 0.1) is 35.9 Å². The molecule has 124 valence electrons. The van der Waals surface area contributed by atoms with E-state index in [4.69, 9.17) is 22.1 Å². The summed E-state index contributed by atoms with van der Waals surface area (Å²) in [5, 5.41) is 2.91. The normalized spacial score (nSPS) is 10.4. The minimum absolute atomic E-state index is 0. The maximum atomic E-state index is 12.2. The van der Waals surface area contributed by atoms with Crippen molar-refractivity contribution >= 4 is 41.6 Å². The van der Waals surface area contributed by atoms with Gasteiger partial charge in [0.1, 0.15) is 5.75 Å². The Hall–Kier alpha value is -1.66. The fourth-order valence-corrected chi connectivity index (χ4v) is 1.82. The number of hydrogen-bond donors (Lipinski definition) is 2. The fraction of sp³-hybridized carbons (Fsp3) is 0.429. The van der Waals surface area contributed by atoms with Crippen molar-refractivity contribution in [2.45, 2.75) is 13.8 Å². The number of halogens is 2. The highest BCUT2D eigenvalue weighted by atomic mass is 35.5. The number of esters is 1. The lowest BCUT2D eigenvalue weighted by Crippen LogP contribution is -2.39. The number of nitrogen functional groups attached to an aromatic ring is 1. The number of nitrogens with one attached hydrogen (secondary N) is 1. The van der Waals surface area contributed by atoms with Crippen LogP contribution in [-0.2, 0) is 9.53 Å². The summed E-state index contributed by atoms with van der Waals surface area (Å²) in [5.74, 6) is -0.513. The minimum Gasteiger partial charge on any atom is -0.496 e. The molecule has 1 aromatic carbocycles. The highest BCUT2D eigenvalue weighted by Gasteiger charge is 2.29. The van der Waals surface area contributed by atoms with Crippen LogP contribution >= 0.6 is 24.0 Å². The van der Waals surface area contributed by atoms with Crippen LogP contribution in [0.2, 0.25) is 5.02 Å². The highest BCUT2D eigenvalue weighted by Crippen LogP contribution is 2.29. The standard InChI is InChI=1S/C14H19ClN2O4.ClH/c1-14(2,13(19)21-4)7-17-12(18)8-5-9(15)10(16)6-11(8)20-3;/h5-6H,7,16H2,1-4H3,(H,17,18);1H. The molecule has 6 nitrogen and oxygen atoms in total.